The van der Waals surface area contributed by atoms with Crippen molar-refractivity contribution in [3.05, 3.63) is 35.4 Å². The molecule has 20 heavy (non-hydrogen) atoms. The minimum Gasteiger partial charge on any atom is -0.379 e. The van der Waals surface area contributed by atoms with Crippen molar-refractivity contribution in [1.82, 2.24) is 5.32 Å². The van der Waals surface area contributed by atoms with E-state index in [1.807, 2.05) is 0 Å². The highest BCUT2D eigenvalue weighted by Crippen LogP contribution is 2.20. The predicted molar refractivity (Wildman–Crippen MR) is 85.1 cm³/mol. The number of ether oxygens (including phenoxy) is 1. The van der Waals surface area contributed by atoms with Gasteiger partial charge in [-0.2, -0.15) is 0 Å². The van der Waals surface area contributed by atoms with Crippen molar-refractivity contribution >= 4 is 0 Å². The van der Waals surface area contributed by atoms with Crippen molar-refractivity contribution in [1.29, 1.82) is 0 Å². The van der Waals surface area contributed by atoms with Crippen LogP contribution in [0.25, 0.3) is 0 Å². The van der Waals surface area contributed by atoms with Crippen molar-refractivity contribution in [3.63, 3.8) is 0 Å². The first kappa shape index (κ1) is 15.5. The molecule has 1 saturated heterocycles. The highest BCUT2D eigenvalue weighted by molar-refractivity contribution is 5.23. The normalized spacial score (nSPS) is 17.4. The molecule has 1 aromatic rings. The molecule has 2 heteroatoms. The maximum Gasteiger partial charge on any atom is 0.0625 e. The van der Waals surface area contributed by atoms with Gasteiger partial charge in [0.15, 0.2) is 0 Å². The maximum absolute atomic E-state index is 5.48. The Kier molecular flexibility index (Phi) is 5.62. The molecule has 1 aliphatic rings. The lowest BCUT2D eigenvalue weighted by Crippen LogP contribution is -2.28. The van der Waals surface area contributed by atoms with Crippen LogP contribution < -0.4 is 5.32 Å². The van der Waals surface area contributed by atoms with Crippen molar-refractivity contribution < 1.29 is 4.74 Å². The zero-order valence-electron chi connectivity index (χ0n) is 13.2. The molecule has 1 N–H and O–H groups in total. The molecule has 2 nitrogen and oxygen atoms in total. The van der Waals surface area contributed by atoms with Crippen molar-refractivity contribution in [3.8, 4) is 0 Å². The van der Waals surface area contributed by atoms with Crippen molar-refractivity contribution in [2.24, 2.45) is 5.92 Å². The van der Waals surface area contributed by atoms with Gasteiger partial charge in [-0.1, -0.05) is 24.3 Å². The van der Waals surface area contributed by atoms with Gasteiger partial charge in [0.1, 0.15) is 0 Å². The number of hydrogen-bond acceptors (Lipinski definition) is 2. The van der Waals surface area contributed by atoms with E-state index < -0.39 is 0 Å². The van der Waals surface area contributed by atoms with E-state index in [0.29, 0.717) is 0 Å². The second-order valence-corrected chi connectivity index (χ2v) is 6.68. The average molecular weight is 275 g/mol. The largest absolute Gasteiger partial charge is 0.379 e. The summed E-state index contributed by atoms with van der Waals surface area (Å²) >= 11 is 0. The molecule has 1 aromatic carbocycles. The lowest BCUT2D eigenvalue weighted by molar-refractivity contribution is 0.0158. The van der Waals surface area contributed by atoms with Gasteiger partial charge >= 0.3 is 0 Å². The quantitative estimate of drug-likeness (QED) is 0.856. The lowest BCUT2D eigenvalue weighted by Gasteiger charge is -2.23. The van der Waals surface area contributed by atoms with E-state index in [4.69, 9.17) is 4.74 Å². The summed E-state index contributed by atoms with van der Waals surface area (Å²) in [5.41, 5.74) is 2.89. The van der Waals surface area contributed by atoms with Crippen LogP contribution >= 0.6 is 0 Å². The lowest BCUT2D eigenvalue weighted by atomic mass is 9.90. The topological polar surface area (TPSA) is 21.3 Å². The van der Waals surface area contributed by atoms with E-state index in [-0.39, 0.29) is 5.60 Å². The standard InChI is InChI=1S/C18H29NO/c1-18(2,20-3)11-8-15-4-6-16(7-5-15)14-17-9-12-19-13-10-17/h4-7,17,19H,8-14H2,1-3H3. The Morgan fingerprint density at radius 1 is 1.10 bits per heavy atom. The molecular weight excluding hydrogens is 246 g/mol. The third-order valence-corrected chi connectivity index (χ3v) is 4.57. The second-order valence-electron chi connectivity index (χ2n) is 6.68. The van der Waals surface area contributed by atoms with E-state index in [0.717, 1.165) is 18.8 Å². The fourth-order valence-corrected chi connectivity index (χ4v) is 2.81. The summed E-state index contributed by atoms with van der Waals surface area (Å²) in [7, 11) is 1.79. The fraction of sp³-hybridized carbons (Fsp3) is 0.667. The molecule has 2 rings (SSSR count). The summed E-state index contributed by atoms with van der Waals surface area (Å²) in [6, 6.07) is 9.22. The van der Waals surface area contributed by atoms with Crippen LogP contribution in [0.15, 0.2) is 24.3 Å². The van der Waals surface area contributed by atoms with Gasteiger partial charge in [-0.15, -0.1) is 0 Å². The van der Waals surface area contributed by atoms with Crippen molar-refractivity contribution in [2.45, 2.75) is 51.6 Å². The van der Waals surface area contributed by atoms with Crippen LogP contribution in [0.4, 0.5) is 0 Å². The van der Waals surface area contributed by atoms with Crippen LogP contribution in [0.3, 0.4) is 0 Å². The van der Waals surface area contributed by atoms with Crippen LogP contribution in [-0.2, 0) is 17.6 Å². The number of hydrogen-bond donors (Lipinski definition) is 1. The van der Waals surface area contributed by atoms with Crippen LogP contribution in [0.5, 0.6) is 0 Å². The molecule has 0 aromatic heterocycles. The SMILES string of the molecule is COC(C)(C)CCc1ccc(CC2CCNCC2)cc1. The van der Waals surface area contributed by atoms with Gasteiger partial charge in [-0.25, -0.2) is 0 Å². The predicted octanol–water partition coefficient (Wildman–Crippen LogP) is 3.59. The average Bonchev–Trinajstić information content (AvgIpc) is 2.48. The van der Waals surface area contributed by atoms with Crippen LogP contribution in [0.1, 0.15) is 44.2 Å². The van der Waals surface area contributed by atoms with Crippen LogP contribution in [0.2, 0.25) is 0 Å². The van der Waals surface area contributed by atoms with Crippen molar-refractivity contribution in [2.75, 3.05) is 20.2 Å². The van der Waals surface area contributed by atoms with Gasteiger partial charge in [0.25, 0.3) is 0 Å². The number of rotatable bonds is 6. The zero-order valence-corrected chi connectivity index (χ0v) is 13.2. The molecule has 0 atom stereocenters. The molecule has 1 fully saturated rings. The summed E-state index contributed by atoms with van der Waals surface area (Å²) in [6.45, 7) is 6.68. The number of piperidine rings is 1. The molecule has 0 radical (unpaired) electrons. The molecule has 0 spiro atoms. The Labute approximate surface area is 123 Å². The Balaban J connectivity index is 1.83. The Morgan fingerprint density at radius 2 is 1.70 bits per heavy atom. The highest BCUT2D eigenvalue weighted by Gasteiger charge is 2.16. The van der Waals surface area contributed by atoms with E-state index in [1.165, 1.54) is 43.5 Å². The Hall–Kier alpha value is -0.860. The summed E-state index contributed by atoms with van der Waals surface area (Å²) in [4.78, 5) is 0. The molecule has 0 amide bonds. The van der Waals surface area contributed by atoms with E-state index >= 15 is 0 Å². The molecule has 112 valence electrons. The van der Waals surface area contributed by atoms with Crippen LogP contribution in [-0.4, -0.2) is 25.8 Å². The summed E-state index contributed by atoms with van der Waals surface area (Å²) in [5.74, 6) is 0.870. The van der Waals surface area contributed by atoms with Crippen LogP contribution in [0, 0.1) is 5.92 Å². The first-order chi connectivity index (χ1) is 9.59. The fourth-order valence-electron chi connectivity index (χ4n) is 2.81. The number of aryl methyl sites for hydroxylation is 1. The molecule has 0 aliphatic carbocycles. The number of nitrogens with one attached hydrogen (secondary N) is 1. The summed E-state index contributed by atoms with van der Waals surface area (Å²) in [5, 5.41) is 3.43. The van der Waals surface area contributed by atoms with E-state index in [2.05, 4.69) is 43.4 Å². The number of methoxy groups -OCH3 is 1. The third kappa shape index (κ3) is 4.92. The van der Waals surface area contributed by atoms with Gasteiger partial charge in [0.2, 0.25) is 0 Å². The van der Waals surface area contributed by atoms with E-state index in [9.17, 15) is 0 Å². The van der Waals surface area contributed by atoms with Gasteiger partial charge in [-0.3, -0.25) is 0 Å². The first-order valence-electron chi connectivity index (χ1n) is 7.93. The first-order valence-corrected chi connectivity index (χ1v) is 7.93. The number of benzene rings is 1. The third-order valence-electron chi connectivity index (χ3n) is 4.57. The highest BCUT2D eigenvalue weighted by atomic mass is 16.5. The molecule has 0 saturated carbocycles. The molecular formula is C18H29NO. The Morgan fingerprint density at radius 3 is 2.30 bits per heavy atom. The second kappa shape index (κ2) is 7.24. The van der Waals surface area contributed by atoms with Gasteiger partial charge in [0.05, 0.1) is 5.60 Å². The molecule has 1 heterocycles. The van der Waals surface area contributed by atoms with Gasteiger partial charge < -0.3 is 10.1 Å². The molecule has 0 bridgehead atoms. The maximum atomic E-state index is 5.48. The Bertz CT molecular complexity index is 390. The zero-order chi connectivity index (χ0) is 14.4. The molecule has 1 aliphatic heterocycles. The summed E-state index contributed by atoms with van der Waals surface area (Å²) < 4.78 is 5.48. The minimum absolute atomic E-state index is 0.0201. The molecule has 0 unspecified atom stereocenters. The van der Waals surface area contributed by atoms with Gasteiger partial charge in [-0.05, 0) is 76.1 Å². The summed E-state index contributed by atoms with van der Waals surface area (Å²) in [6.07, 6.45) is 6.05. The van der Waals surface area contributed by atoms with Gasteiger partial charge in [0, 0.05) is 7.11 Å². The monoisotopic (exact) mass is 275 g/mol. The van der Waals surface area contributed by atoms with E-state index in [1.54, 1.807) is 7.11 Å². The smallest absolute Gasteiger partial charge is 0.0625 e. The minimum atomic E-state index is -0.0201.